The highest BCUT2D eigenvalue weighted by molar-refractivity contribution is 5.94. The second-order valence-electron chi connectivity index (χ2n) is 6.03. The van der Waals surface area contributed by atoms with E-state index in [1.807, 2.05) is 0 Å². The van der Waals surface area contributed by atoms with Crippen molar-refractivity contribution in [2.75, 3.05) is 19.7 Å². The van der Waals surface area contributed by atoms with E-state index in [-0.39, 0.29) is 17.6 Å². The van der Waals surface area contributed by atoms with E-state index in [2.05, 4.69) is 0 Å². The van der Waals surface area contributed by atoms with Crippen molar-refractivity contribution in [2.24, 2.45) is 5.92 Å². The lowest BCUT2D eigenvalue weighted by Gasteiger charge is -2.30. The predicted molar refractivity (Wildman–Crippen MR) is 88.1 cm³/mol. The van der Waals surface area contributed by atoms with E-state index in [1.54, 1.807) is 29.2 Å². The maximum absolute atomic E-state index is 12.1. The molecule has 1 aliphatic heterocycles. The molecule has 2 rings (SSSR count). The number of amides is 1. The van der Waals surface area contributed by atoms with Crippen LogP contribution in [0.1, 0.15) is 43.0 Å². The molecule has 0 spiro atoms. The van der Waals surface area contributed by atoms with Gasteiger partial charge in [-0.05, 0) is 38.3 Å². The average Bonchev–Trinajstić information content (AvgIpc) is 2.59. The quantitative estimate of drug-likeness (QED) is 0.612. The molecule has 0 saturated carbocycles. The van der Waals surface area contributed by atoms with Gasteiger partial charge in [-0.25, -0.2) is 0 Å². The van der Waals surface area contributed by atoms with Crippen molar-refractivity contribution in [3.05, 3.63) is 29.8 Å². The summed E-state index contributed by atoms with van der Waals surface area (Å²) < 4.78 is 5.58. The minimum atomic E-state index is -0.775. The van der Waals surface area contributed by atoms with Crippen LogP contribution in [0.4, 0.5) is 0 Å². The van der Waals surface area contributed by atoms with Crippen LogP contribution in [0.25, 0.3) is 0 Å². The number of carbonyl (C=O) groups is 3. The molecule has 0 atom stereocenters. The summed E-state index contributed by atoms with van der Waals surface area (Å²) in [6.07, 6.45) is 2.01. The van der Waals surface area contributed by atoms with Gasteiger partial charge in [-0.15, -0.1) is 0 Å². The zero-order chi connectivity index (χ0) is 17.5. The monoisotopic (exact) mass is 333 g/mol. The first-order valence-electron chi connectivity index (χ1n) is 8.21. The summed E-state index contributed by atoms with van der Waals surface area (Å²) in [6, 6.07) is 6.98. The lowest BCUT2D eigenvalue weighted by molar-refractivity contribution is -0.145. The summed E-state index contributed by atoms with van der Waals surface area (Å²) in [5.41, 5.74) is 0.602. The van der Waals surface area contributed by atoms with Gasteiger partial charge in [-0.1, -0.05) is 12.1 Å². The minimum Gasteiger partial charge on any atom is -0.494 e. The lowest BCUT2D eigenvalue weighted by Crippen LogP contribution is -2.40. The number of rotatable bonds is 7. The molecule has 24 heavy (non-hydrogen) atoms. The van der Waals surface area contributed by atoms with Gasteiger partial charge < -0.3 is 14.7 Å². The number of nitrogens with zero attached hydrogens (tertiary/aromatic N) is 1. The number of ether oxygens (including phenoxy) is 1. The third kappa shape index (κ3) is 5.08. The number of piperidine rings is 1. The molecule has 0 unspecified atom stereocenters. The molecule has 1 heterocycles. The van der Waals surface area contributed by atoms with E-state index in [0.29, 0.717) is 56.7 Å². The minimum absolute atomic E-state index is 0.0135. The Morgan fingerprint density at radius 2 is 1.96 bits per heavy atom. The smallest absolute Gasteiger partial charge is 0.306 e. The third-order valence-corrected chi connectivity index (χ3v) is 4.24. The lowest BCUT2D eigenvalue weighted by atomic mass is 9.97. The van der Waals surface area contributed by atoms with Crippen molar-refractivity contribution in [2.45, 2.75) is 32.6 Å². The van der Waals surface area contributed by atoms with Gasteiger partial charge in [0.15, 0.2) is 5.78 Å². The van der Waals surface area contributed by atoms with Gasteiger partial charge in [0.05, 0.1) is 12.5 Å². The molecule has 0 bridgehead atoms. The van der Waals surface area contributed by atoms with Crippen molar-refractivity contribution in [3.8, 4) is 5.75 Å². The Morgan fingerprint density at radius 1 is 1.25 bits per heavy atom. The Balaban J connectivity index is 1.69. The van der Waals surface area contributed by atoms with Crippen LogP contribution in [0.2, 0.25) is 0 Å². The number of hydrogen-bond donors (Lipinski definition) is 1. The molecule has 1 aromatic rings. The molecule has 0 aromatic heterocycles. The van der Waals surface area contributed by atoms with Crippen LogP contribution < -0.4 is 4.74 Å². The Hall–Kier alpha value is -2.37. The van der Waals surface area contributed by atoms with Crippen molar-refractivity contribution in [3.63, 3.8) is 0 Å². The molecule has 1 amide bonds. The van der Waals surface area contributed by atoms with Crippen molar-refractivity contribution >= 4 is 17.7 Å². The first kappa shape index (κ1) is 18.0. The first-order valence-corrected chi connectivity index (χ1v) is 8.21. The Kier molecular flexibility index (Phi) is 6.35. The van der Waals surface area contributed by atoms with Crippen LogP contribution in [-0.2, 0) is 9.59 Å². The molecular formula is C18H23NO5. The largest absolute Gasteiger partial charge is 0.494 e. The highest BCUT2D eigenvalue weighted by Crippen LogP contribution is 2.18. The Labute approximate surface area is 141 Å². The van der Waals surface area contributed by atoms with Gasteiger partial charge in [0.2, 0.25) is 5.91 Å². The maximum Gasteiger partial charge on any atom is 0.306 e. The third-order valence-electron chi connectivity index (χ3n) is 4.24. The van der Waals surface area contributed by atoms with Crippen LogP contribution in [-0.4, -0.2) is 47.4 Å². The van der Waals surface area contributed by atoms with Gasteiger partial charge in [0.25, 0.3) is 0 Å². The van der Waals surface area contributed by atoms with Gasteiger partial charge >= 0.3 is 5.97 Å². The van der Waals surface area contributed by atoms with E-state index in [0.717, 1.165) is 0 Å². The Morgan fingerprint density at radius 3 is 2.58 bits per heavy atom. The molecular weight excluding hydrogens is 310 g/mol. The van der Waals surface area contributed by atoms with E-state index >= 15 is 0 Å². The number of ketones is 1. The Bertz CT molecular complexity index is 605. The van der Waals surface area contributed by atoms with Gasteiger partial charge in [-0.2, -0.15) is 0 Å². The van der Waals surface area contributed by atoms with Crippen LogP contribution in [0.15, 0.2) is 24.3 Å². The zero-order valence-electron chi connectivity index (χ0n) is 13.9. The van der Waals surface area contributed by atoms with E-state index in [4.69, 9.17) is 9.84 Å². The highest BCUT2D eigenvalue weighted by Gasteiger charge is 2.26. The van der Waals surface area contributed by atoms with Crippen LogP contribution in [0, 0.1) is 5.92 Å². The zero-order valence-corrected chi connectivity index (χ0v) is 13.9. The fourth-order valence-corrected chi connectivity index (χ4v) is 2.75. The number of aliphatic carboxylic acids is 1. The number of likely N-dealkylation sites (tertiary alicyclic amines) is 1. The van der Waals surface area contributed by atoms with Crippen molar-refractivity contribution < 1.29 is 24.2 Å². The highest BCUT2D eigenvalue weighted by atomic mass is 16.5. The molecule has 130 valence electrons. The van der Waals surface area contributed by atoms with E-state index in [9.17, 15) is 14.4 Å². The number of Topliss-reactive ketones (excluding diaryl/α,β-unsaturated/α-hetero) is 1. The fraction of sp³-hybridized carbons (Fsp3) is 0.500. The number of hydrogen-bond acceptors (Lipinski definition) is 4. The molecule has 1 saturated heterocycles. The van der Waals surface area contributed by atoms with Crippen LogP contribution >= 0.6 is 0 Å². The van der Waals surface area contributed by atoms with Gasteiger partial charge in [0, 0.05) is 25.1 Å². The van der Waals surface area contributed by atoms with E-state index in [1.165, 1.54) is 6.92 Å². The average molecular weight is 333 g/mol. The summed E-state index contributed by atoms with van der Waals surface area (Å²) in [5, 5.41) is 8.96. The van der Waals surface area contributed by atoms with Crippen LogP contribution in [0.3, 0.4) is 0 Å². The summed E-state index contributed by atoms with van der Waals surface area (Å²) in [6.45, 7) is 2.93. The van der Waals surface area contributed by atoms with Gasteiger partial charge in [0.1, 0.15) is 5.75 Å². The summed E-state index contributed by atoms with van der Waals surface area (Å²) in [7, 11) is 0. The van der Waals surface area contributed by atoms with Gasteiger partial charge in [-0.3, -0.25) is 14.4 Å². The SMILES string of the molecule is CC(=O)c1cccc(OCCCC(=O)N2CCC(C(=O)O)CC2)c1. The number of carbonyl (C=O) groups excluding carboxylic acids is 2. The predicted octanol–water partition coefficient (Wildman–Crippen LogP) is 2.37. The number of carboxylic acid groups (broad SMARTS) is 1. The topological polar surface area (TPSA) is 83.9 Å². The molecule has 0 aliphatic carbocycles. The molecule has 1 aromatic carbocycles. The second kappa shape index (κ2) is 8.47. The molecule has 1 N–H and O–H groups in total. The van der Waals surface area contributed by atoms with Crippen LogP contribution in [0.5, 0.6) is 5.75 Å². The standard InChI is InChI=1S/C18H23NO5/c1-13(20)15-4-2-5-16(12-15)24-11-3-6-17(21)19-9-7-14(8-10-19)18(22)23/h2,4-5,12,14H,3,6-11H2,1H3,(H,22,23). The second-order valence-corrected chi connectivity index (χ2v) is 6.03. The molecule has 1 aliphatic rings. The first-order chi connectivity index (χ1) is 11.5. The fourth-order valence-electron chi connectivity index (χ4n) is 2.75. The van der Waals surface area contributed by atoms with E-state index < -0.39 is 5.97 Å². The number of benzene rings is 1. The molecule has 6 heteroatoms. The molecule has 1 fully saturated rings. The molecule has 0 radical (unpaired) electrons. The normalized spacial score (nSPS) is 15.1. The summed E-state index contributed by atoms with van der Waals surface area (Å²) in [4.78, 5) is 36.1. The molecule has 6 nitrogen and oxygen atoms in total. The van der Waals surface area contributed by atoms with Crippen molar-refractivity contribution in [1.82, 2.24) is 4.90 Å². The maximum atomic E-state index is 12.1. The van der Waals surface area contributed by atoms with Crippen molar-refractivity contribution in [1.29, 1.82) is 0 Å². The summed E-state index contributed by atoms with van der Waals surface area (Å²) in [5.74, 6) is -0.452. The number of carboxylic acids is 1. The summed E-state index contributed by atoms with van der Waals surface area (Å²) >= 11 is 0.